The number of nitrogens with zero attached hydrogens (tertiary/aromatic N) is 1. The summed E-state index contributed by atoms with van der Waals surface area (Å²) in [6.07, 6.45) is 2.05. The fourth-order valence-electron chi connectivity index (χ4n) is 3.81. The maximum atomic E-state index is 12.9. The molecule has 1 amide bonds. The Bertz CT molecular complexity index is 783. The summed E-state index contributed by atoms with van der Waals surface area (Å²) < 4.78 is 28.4. The molecule has 1 saturated heterocycles. The number of hydrogen-bond donors (Lipinski definition) is 2. The highest BCUT2D eigenvalue weighted by Gasteiger charge is 2.25. The third-order valence-electron chi connectivity index (χ3n) is 6.08. The molecular weight excluding hydrogens is 362 g/mol. The lowest BCUT2D eigenvalue weighted by Gasteiger charge is -2.31. The summed E-state index contributed by atoms with van der Waals surface area (Å²) >= 11 is 0. The van der Waals surface area contributed by atoms with E-state index in [2.05, 4.69) is 10.0 Å². The Hall–Kier alpha value is -1.44. The van der Waals surface area contributed by atoms with Crippen LogP contribution in [0.5, 0.6) is 0 Å². The van der Waals surface area contributed by atoms with E-state index in [1.807, 2.05) is 41.7 Å². The zero-order valence-electron chi connectivity index (χ0n) is 17.4. The van der Waals surface area contributed by atoms with Gasteiger partial charge in [-0.25, -0.2) is 13.1 Å². The predicted molar refractivity (Wildman–Crippen MR) is 109 cm³/mol. The SMILES string of the molecule is Cc1c(C)c(C)c(S(=O)(=O)NCCC(=O)N(C)C2CCNCC2)c(C)c1C. The van der Waals surface area contributed by atoms with Crippen molar-refractivity contribution < 1.29 is 13.2 Å². The smallest absolute Gasteiger partial charge is 0.241 e. The van der Waals surface area contributed by atoms with Gasteiger partial charge in [0.2, 0.25) is 15.9 Å². The average Bonchev–Trinajstić information content (AvgIpc) is 2.64. The molecule has 6 nitrogen and oxygen atoms in total. The van der Waals surface area contributed by atoms with E-state index in [1.54, 1.807) is 4.90 Å². The van der Waals surface area contributed by atoms with E-state index < -0.39 is 10.0 Å². The van der Waals surface area contributed by atoms with Gasteiger partial charge in [-0.3, -0.25) is 4.79 Å². The van der Waals surface area contributed by atoms with Crippen molar-refractivity contribution in [3.05, 3.63) is 27.8 Å². The molecule has 1 aromatic rings. The second-order valence-corrected chi connectivity index (χ2v) is 9.29. The van der Waals surface area contributed by atoms with Crippen molar-refractivity contribution in [1.29, 1.82) is 0 Å². The molecule has 0 saturated carbocycles. The molecule has 1 aliphatic rings. The first-order chi connectivity index (χ1) is 12.6. The summed E-state index contributed by atoms with van der Waals surface area (Å²) in [5.41, 5.74) is 4.69. The Morgan fingerprint density at radius 1 is 1.00 bits per heavy atom. The van der Waals surface area contributed by atoms with Crippen molar-refractivity contribution >= 4 is 15.9 Å². The highest BCUT2D eigenvalue weighted by atomic mass is 32.2. The van der Waals surface area contributed by atoms with Gasteiger partial charge in [-0.1, -0.05) is 0 Å². The largest absolute Gasteiger partial charge is 0.343 e. The zero-order chi connectivity index (χ0) is 20.4. The highest BCUT2D eigenvalue weighted by Crippen LogP contribution is 2.29. The Morgan fingerprint density at radius 2 is 1.48 bits per heavy atom. The molecule has 152 valence electrons. The molecule has 2 rings (SSSR count). The van der Waals surface area contributed by atoms with E-state index in [4.69, 9.17) is 0 Å². The minimum atomic E-state index is -3.66. The standard InChI is InChI=1S/C20H33N3O3S/c1-13-14(2)16(4)20(17(5)15(13)3)27(25,26)22-12-9-19(24)23(6)18-7-10-21-11-8-18/h18,21-22H,7-12H2,1-6H3. The van der Waals surface area contributed by atoms with Gasteiger partial charge in [0.25, 0.3) is 0 Å². The van der Waals surface area contributed by atoms with Crippen molar-refractivity contribution in [3.8, 4) is 0 Å². The molecule has 1 heterocycles. The van der Waals surface area contributed by atoms with Gasteiger partial charge >= 0.3 is 0 Å². The van der Waals surface area contributed by atoms with E-state index in [-0.39, 0.29) is 24.9 Å². The van der Waals surface area contributed by atoms with Gasteiger partial charge in [-0.05, 0) is 88.4 Å². The van der Waals surface area contributed by atoms with Crippen LogP contribution < -0.4 is 10.0 Å². The number of carbonyl (C=O) groups is 1. The number of hydrogen-bond acceptors (Lipinski definition) is 4. The number of benzene rings is 1. The van der Waals surface area contributed by atoms with E-state index in [9.17, 15) is 13.2 Å². The van der Waals surface area contributed by atoms with Crippen LogP contribution in [0.15, 0.2) is 4.90 Å². The van der Waals surface area contributed by atoms with Crippen molar-refractivity contribution in [2.75, 3.05) is 26.7 Å². The Balaban J connectivity index is 2.06. The molecule has 0 radical (unpaired) electrons. The lowest BCUT2D eigenvalue weighted by molar-refractivity contribution is -0.132. The molecule has 0 bridgehead atoms. The average molecular weight is 396 g/mol. The molecule has 0 spiro atoms. The van der Waals surface area contributed by atoms with E-state index in [1.165, 1.54) is 0 Å². The first-order valence-corrected chi connectivity index (χ1v) is 11.1. The van der Waals surface area contributed by atoms with Crippen LogP contribution in [0.25, 0.3) is 0 Å². The molecule has 27 heavy (non-hydrogen) atoms. The fraction of sp³-hybridized carbons (Fsp3) is 0.650. The van der Waals surface area contributed by atoms with Gasteiger partial charge in [-0.15, -0.1) is 0 Å². The van der Waals surface area contributed by atoms with Gasteiger partial charge in [0.1, 0.15) is 0 Å². The second-order valence-electron chi connectivity index (χ2n) is 7.59. The molecule has 2 N–H and O–H groups in total. The van der Waals surface area contributed by atoms with Crippen LogP contribution in [-0.2, 0) is 14.8 Å². The van der Waals surface area contributed by atoms with Crippen LogP contribution in [0.3, 0.4) is 0 Å². The predicted octanol–water partition coefficient (Wildman–Crippen LogP) is 2.11. The number of rotatable bonds is 6. The summed E-state index contributed by atoms with van der Waals surface area (Å²) in [4.78, 5) is 14.5. The van der Waals surface area contributed by atoms with Crippen LogP contribution in [0.1, 0.15) is 47.1 Å². The van der Waals surface area contributed by atoms with E-state index in [0.29, 0.717) is 4.90 Å². The maximum Gasteiger partial charge on any atom is 0.241 e. The number of carbonyl (C=O) groups excluding carboxylic acids is 1. The van der Waals surface area contributed by atoms with Gasteiger partial charge in [0, 0.05) is 26.1 Å². The summed E-state index contributed by atoms with van der Waals surface area (Å²) in [5, 5.41) is 3.28. The van der Waals surface area contributed by atoms with Crippen molar-refractivity contribution in [2.45, 2.75) is 64.8 Å². The monoisotopic (exact) mass is 395 g/mol. The summed E-state index contributed by atoms with van der Waals surface area (Å²) in [6, 6.07) is 0.238. The lowest BCUT2D eigenvalue weighted by Crippen LogP contribution is -2.44. The number of nitrogens with one attached hydrogen (secondary N) is 2. The van der Waals surface area contributed by atoms with Crippen LogP contribution in [0.4, 0.5) is 0 Å². The van der Waals surface area contributed by atoms with Crippen molar-refractivity contribution in [2.24, 2.45) is 0 Å². The molecule has 1 fully saturated rings. The third-order valence-corrected chi connectivity index (χ3v) is 7.81. The first-order valence-electron chi connectivity index (χ1n) is 9.61. The Labute approximate surface area is 163 Å². The van der Waals surface area contributed by atoms with Crippen LogP contribution in [0.2, 0.25) is 0 Å². The number of amides is 1. The summed E-state index contributed by atoms with van der Waals surface area (Å²) in [5.74, 6) is -0.0192. The number of sulfonamides is 1. The molecule has 1 aromatic carbocycles. The molecule has 7 heteroatoms. The molecule has 1 aliphatic heterocycles. The molecule has 0 atom stereocenters. The van der Waals surface area contributed by atoms with Crippen molar-refractivity contribution in [3.63, 3.8) is 0 Å². The van der Waals surface area contributed by atoms with Gasteiger partial charge < -0.3 is 10.2 Å². The molecule has 0 aliphatic carbocycles. The third kappa shape index (κ3) is 4.70. The topological polar surface area (TPSA) is 78.5 Å². The first kappa shape index (κ1) is 21.9. The highest BCUT2D eigenvalue weighted by molar-refractivity contribution is 7.89. The second kappa shape index (κ2) is 8.71. The molecule has 0 aromatic heterocycles. The minimum absolute atomic E-state index is 0.0192. The van der Waals surface area contributed by atoms with Crippen molar-refractivity contribution in [1.82, 2.24) is 14.9 Å². The Morgan fingerprint density at radius 3 is 2.00 bits per heavy atom. The van der Waals surface area contributed by atoms with Crippen LogP contribution in [0, 0.1) is 34.6 Å². The quantitative estimate of drug-likeness (QED) is 0.773. The van der Waals surface area contributed by atoms with E-state index in [0.717, 1.165) is 53.7 Å². The number of piperidine rings is 1. The maximum absolute atomic E-state index is 12.9. The van der Waals surface area contributed by atoms with Gasteiger partial charge in [-0.2, -0.15) is 0 Å². The Kier molecular flexibility index (Phi) is 7.05. The minimum Gasteiger partial charge on any atom is -0.343 e. The van der Waals surface area contributed by atoms with E-state index >= 15 is 0 Å². The fourth-order valence-corrected chi connectivity index (χ4v) is 5.43. The zero-order valence-corrected chi connectivity index (χ0v) is 18.2. The molecule has 0 unspecified atom stereocenters. The van der Waals surface area contributed by atoms with Gasteiger partial charge in [0.05, 0.1) is 4.90 Å². The summed E-state index contributed by atoms with van der Waals surface area (Å²) in [7, 11) is -1.85. The normalized spacial score (nSPS) is 15.8. The summed E-state index contributed by atoms with van der Waals surface area (Å²) in [6.45, 7) is 11.6. The molecular formula is C20H33N3O3S. The van der Waals surface area contributed by atoms with Crippen LogP contribution in [-0.4, -0.2) is 51.9 Å². The lowest BCUT2D eigenvalue weighted by atomic mass is 9.95. The van der Waals surface area contributed by atoms with Gasteiger partial charge in [0.15, 0.2) is 0 Å². The van der Waals surface area contributed by atoms with Crippen LogP contribution >= 0.6 is 0 Å².